The minimum Gasteiger partial charge on any atom is -0.495 e. The Morgan fingerprint density at radius 1 is 1.19 bits per heavy atom. The number of ether oxygens (including phenoxy) is 1. The molecule has 0 unspecified atom stereocenters. The number of hydrogen-bond donors (Lipinski definition) is 1. The van der Waals surface area contributed by atoms with Crippen molar-refractivity contribution < 1.29 is 17.5 Å². The zero-order valence-corrected chi connectivity index (χ0v) is 13.8. The fourth-order valence-electron chi connectivity index (χ4n) is 1.78. The molecule has 0 saturated carbocycles. The summed E-state index contributed by atoms with van der Waals surface area (Å²) >= 11 is 3.34. The average Bonchev–Trinajstić information content (AvgIpc) is 2.42. The van der Waals surface area contributed by atoms with Crippen molar-refractivity contribution in [1.29, 1.82) is 0 Å². The maximum absolute atomic E-state index is 13.3. The van der Waals surface area contributed by atoms with Gasteiger partial charge in [0.25, 0.3) is 10.0 Å². The summed E-state index contributed by atoms with van der Waals surface area (Å²) in [6, 6.07) is 8.36. The summed E-state index contributed by atoms with van der Waals surface area (Å²) in [7, 11) is -2.61. The molecule has 0 spiro atoms. The molecule has 0 fully saturated rings. The SMILES string of the molecule is COc1ccc(F)cc1S(=O)(=O)Nc1ccc(Br)c(C)c1. The lowest BCUT2D eigenvalue weighted by Gasteiger charge is -2.12. The molecule has 0 heterocycles. The van der Waals surface area contributed by atoms with Gasteiger partial charge in [0.05, 0.1) is 7.11 Å². The summed E-state index contributed by atoms with van der Waals surface area (Å²) in [4.78, 5) is -0.245. The minimum atomic E-state index is -3.94. The molecule has 0 radical (unpaired) electrons. The number of nitrogens with one attached hydrogen (secondary N) is 1. The molecule has 4 nitrogen and oxygen atoms in total. The predicted molar refractivity (Wildman–Crippen MR) is 82.6 cm³/mol. The van der Waals surface area contributed by atoms with Gasteiger partial charge in [0, 0.05) is 10.2 Å². The first-order chi connectivity index (χ1) is 9.83. The van der Waals surface area contributed by atoms with Crippen molar-refractivity contribution in [2.24, 2.45) is 0 Å². The molecule has 0 aliphatic heterocycles. The van der Waals surface area contributed by atoms with Crippen molar-refractivity contribution in [3.8, 4) is 5.75 Å². The van der Waals surface area contributed by atoms with Crippen molar-refractivity contribution in [3.63, 3.8) is 0 Å². The maximum Gasteiger partial charge on any atom is 0.265 e. The van der Waals surface area contributed by atoms with Crippen LogP contribution < -0.4 is 9.46 Å². The number of hydrogen-bond acceptors (Lipinski definition) is 3. The Hall–Kier alpha value is -1.60. The summed E-state index contributed by atoms with van der Waals surface area (Å²) in [5, 5.41) is 0. The Labute approximate surface area is 131 Å². The highest BCUT2D eigenvalue weighted by Crippen LogP contribution is 2.27. The molecule has 0 atom stereocenters. The van der Waals surface area contributed by atoms with E-state index in [0.717, 1.165) is 22.2 Å². The van der Waals surface area contributed by atoms with E-state index in [0.29, 0.717) is 5.69 Å². The topological polar surface area (TPSA) is 55.4 Å². The summed E-state index contributed by atoms with van der Waals surface area (Å²) in [5.74, 6) is -0.569. The Kier molecular flexibility index (Phi) is 4.53. The van der Waals surface area contributed by atoms with E-state index in [1.54, 1.807) is 18.2 Å². The Morgan fingerprint density at radius 2 is 1.90 bits per heavy atom. The molecule has 2 aromatic rings. The lowest BCUT2D eigenvalue weighted by molar-refractivity contribution is 0.401. The van der Waals surface area contributed by atoms with Crippen LogP contribution in [0.3, 0.4) is 0 Å². The van der Waals surface area contributed by atoms with Crippen molar-refractivity contribution in [2.75, 3.05) is 11.8 Å². The van der Waals surface area contributed by atoms with Gasteiger partial charge in [-0.05, 0) is 48.9 Å². The molecule has 0 bridgehead atoms. The molecule has 112 valence electrons. The largest absolute Gasteiger partial charge is 0.495 e. The molecule has 21 heavy (non-hydrogen) atoms. The number of aryl methyl sites for hydroxylation is 1. The first-order valence-corrected chi connectivity index (χ1v) is 8.23. The van der Waals surface area contributed by atoms with Crippen LogP contribution in [0.2, 0.25) is 0 Å². The standard InChI is InChI=1S/C14H13BrFNO3S/c1-9-7-11(4-5-12(9)15)17-21(18,19)14-8-10(16)3-6-13(14)20-2/h3-8,17H,1-2H3. The van der Waals surface area contributed by atoms with Crippen molar-refractivity contribution in [1.82, 2.24) is 0 Å². The molecule has 0 saturated heterocycles. The van der Waals surface area contributed by atoms with Gasteiger partial charge in [0.1, 0.15) is 16.5 Å². The summed E-state index contributed by atoms with van der Waals surface area (Å²) < 4.78 is 46.3. The molecular weight excluding hydrogens is 361 g/mol. The average molecular weight is 374 g/mol. The first-order valence-electron chi connectivity index (χ1n) is 5.96. The summed E-state index contributed by atoms with van der Waals surface area (Å²) in [6.45, 7) is 1.84. The van der Waals surface area contributed by atoms with Gasteiger partial charge in [-0.2, -0.15) is 0 Å². The monoisotopic (exact) mass is 373 g/mol. The van der Waals surface area contributed by atoms with E-state index in [-0.39, 0.29) is 10.6 Å². The van der Waals surface area contributed by atoms with Crippen LogP contribution in [0.5, 0.6) is 5.75 Å². The lowest BCUT2D eigenvalue weighted by atomic mass is 10.2. The molecule has 2 aromatic carbocycles. The lowest BCUT2D eigenvalue weighted by Crippen LogP contribution is -2.14. The third-order valence-electron chi connectivity index (χ3n) is 2.83. The maximum atomic E-state index is 13.3. The number of methoxy groups -OCH3 is 1. The van der Waals surface area contributed by atoms with Crippen LogP contribution in [0.4, 0.5) is 10.1 Å². The zero-order valence-electron chi connectivity index (χ0n) is 11.4. The van der Waals surface area contributed by atoms with Crippen LogP contribution in [-0.4, -0.2) is 15.5 Å². The second-order valence-corrected chi connectivity index (χ2v) is 6.87. The van der Waals surface area contributed by atoms with E-state index in [1.165, 1.54) is 13.2 Å². The molecule has 7 heteroatoms. The second-order valence-electron chi connectivity index (χ2n) is 4.36. The highest BCUT2D eigenvalue weighted by atomic mass is 79.9. The van der Waals surface area contributed by atoms with Crippen LogP contribution in [0.15, 0.2) is 45.8 Å². The quantitative estimate of drug-likeness (QED) is 0.888. The highest BCUT2D eigenvalue weighted by molar-refractivity contribution is 9.10. The number of sulfonamides is 1. The molecule has 0 aliphatic carbocycles. The molecule has 0 amide bonds. The van der Waals surface area contributed by atoms with E-state index in [9.17, 15) is 12.8 Å². The molecule has 1 N–H and O–H groups in total. The number of rotatable bonds is 4. The molecule has 2 rings (SSSR count). The van der Waals surface area contributed by atoms with E-state index in [1.807, 2.05) is 6.92 Å². The van der Waals surface area contributed by atoms with E-state index in [4.69, 9.17) is 4.74 Å². The fourth-order valence-corrected chi connectivity index (χ4v) is 3.26. The van der Waals surface area contributed by atoms with Crippen LogP contribution in [0.25, 0.3) is 0 Å². The van der Waals surface area contributed by atoms with Gasteiger partial charge in [0.15, 0.2) is 0 Å². The highest BCUT2D eigenvalue weighted by Gasteiger charge is 2.20. The van der Waals surface area contributed by atoms with E-state index >= 15 is 0 Å². The van der Waals surface area contributed by atoms with Gasteiger partial charge in [-0.1, -0.05) is 15.9 Å². The summed E-state index contributed by atoms with van der Waals surface area (Å²) in [6.07, 6.45) is 0. The predicted octanol–water partition coefficient (Wildman–Crippen LogP) is 3.71. The van der Waals surface area contributed by atoms with Crippen molar-refractivity contribution >= 4 is 31.6 Å². The molecular formula is C14H13BrFNO3S. The first kappa shape index (κ1) is 15.8. The Bertz CT molecular complexity index is 778. The minimum absolute atomic E-state index is 0.0812. The normalized spacial score (nSPS) is 11.2. The third-order valence-corrected chi connectivity index (χ3v) is 5.12. The van der Waals surface area contributed by atoms with E-state index < -0.39 is 15.8 Å². The third kappa shape index (κ3) is 3.54. The Balaban J connectivity index is 2.42. The van der Waals surface area contributed by atoms with Crippen molar-refractivity contribution in [3.05, 3.63) is 52.3 Å². The second kappa shape index (κ2) is 6.03. The zero-order chi connectivity index (χ0) is 15.6. The smallest absolute Gasteiger partial charge is 0.265 e. The Morgan fingerprint density at radius 3 is 2.52 bits per heavy atom. The number of halogens is 2. The summed E-state index contributed by atoms with van der Waals surface area (Å²) in [5.41, 5.74) is 1.27. The fraction of sp³-hybridized carbons (Fsp3) is 0.143. The number of benzene rings is 2. The van der Waals surface area contributed by atoms with E-state index in [2.05, 4.69) is 20.7 Å². The molecule has 0 aliphatic rings. The van der Waals surface area contributed by atoms with Crippen LogP contribution in [0.1, 0.15) is 5.56 Å². The van der Waals surface area contributed by atoms with Gasteiger partial charge in [-0.3, -0.25) is 4.72 Å². The van der Waals surface area contributed by atoms with Crippen LogP contribution >= 0.6 is 15.9 Å². The van der Waals surface area contributed by atoms with Gasteiger partial charge < -0.3 is 4.74 Å². The molecule has 0 aromatic heterocycles. The van der Waals surface area contributed by atoms with Crippen LogP contribution in [-0.2, 0) is 10.0 Å². The van der Waals surface area contributed by atoms with Gasteiger partial charge in [-0.15, -0.1) is 0 Å². The van der Waals surface area contributed by atoms with Crippen LogP contribution in [0, 0.1) is 12.7 Å². The van der Waals surface area contributed by atoms with Gasteiger partial charge >= 0.3 is 0 Å². The van der Waals surface area contributed by atoms with Crippen molar-refractivity contribution in [2.45, 2.75) is 11.8 Å². The van der Waals surface area contributed by atoms with Gasteiger partial charge in [0.2, 0.25) is 0 Å². The van der Waals surface area contributed by atoms with Gasteiger partial charge in [-0.25, -0.2) is 12.8 Å². The number of anilines is 1.